The number of nitrogens with one attached hydrogen (secondary N) is 1. The van der Waals surface area contributed by atoms with Gasteiger partial charge < -0.3 is 10.5 Å². The Balaban J connectivity index is 1.64. The van der Waals surface area contributed by atoms with Gasteiger partial charge in [0, 0.05) is 29.9 Å². The molecule has 0 bridgehead atoms. The maximum absolute atomic E-state index is 10.9. The Labute approximate surface area is 156 Å². The molecular formula is C21H17N5O. The Hall–Kier alpha value is -3.67. The van der Waals surface area contributed by atoms with Crippen molar-refractivity contribution in [2.24, 2.45) is 0 Å². The molecule has 3 aromatic heterocycles. The fourth-order valence-corrected chi connectivity index (χ4v) is 3.47. The molecule has 1 aliphatic heterocycles. The van der Waals surface area contributed by atoms with Crippen molar-refractivity contribution in [1.29, 1.82) is 0 Å². The summed E-state index contributed by atoms with van der Waals surface area (Å²) in [6.45, 7) is 0. The van der Waals surface area contributed by atoms with Gasteiger partial charge in [0.1, 0.15) is 23.0 Å². The molecule has 4 heterocycles. The zero-order valence-electron chi connectivity index (χ0n) is 14.5. The zero-order valence-corrected chi connectivity index (χ0v) is 14.5. The average Bonchev–Trinajstić information content (AvgIpc) is 2.96. The summed E-state index contributed by atoms with van der Waals surface area (Å²) in [4.78, 5) is 13.4. The molecule has 4 aromatic rings. The molecule has 0 amide bonds. The van der Waals surface area contributed by atoms with Crippen LogP contribution < -0.4 is 5.32 Å². The summed E-state index contributed by atoms with van der Waals surface area (Å²) in [5, 5.41) is 14.2. The molecule has 0 aliphatic carbocycles. The summed E-state index contributed by atoms with van der Waals surface area (Å²) < 4.78 is 1.20. The lowest BCUT2D eigenvalue weighted by atomic mass is 10.1. The van der Waals surface area contributed by atoms with Gasteiger partial charge in [-0.05, 0) is 30.2 Å². The molecule has 132 valence electrons. The number of pyridine rings is 2. The predicted octanol–water partition coefficient (Wildman–Crippen LogP) is 4.09. The summed E-state index contributed by atoms with van der Waals surface area (Å²) in [5.74, 6) is 1.30. The van der Waals surface area contributed by atoms with Crippen LogP contribution in [0.2, 0.25) is 0 Å². The molecule has 6 heteroatoms. The van der Waals surface area contributed by atoms with E-state index in [1.807, 2.05) is 36.4 Å². The van der Waals surface area contributed by atoms with E-state index >= 15 is 0 Å². The Morgan fingerprint density at radius 3 is 2.70 bits per heavy atom. The minimum absolute atomic E-state index is 0.628. The first kappa shape index (κ1) is 15.6. The second-order valence-electron chi connectivity index (χ2n) is 6.47. The smallest absolute Gasteiger partial charge is 0.146 e. The molecule has 0 unspecified atom stereocenters. The minimum Gasteiger partial charge on any atom is -0.427 e. The van der Waals surface area contributed by atoms with E-state index < -0.39 is 0 Å². The first-order chi connectivity index (χ1) is 13.3. The SMILES string of the molecule is On1c(CCc2ccccc2)nc2c1-c1cccnc1Nc1cnccc1-2. The Morgan fingerprint density at radius 2 is 1.81 bits per heavy atom. The first-order valence-corrected chi connectivity index (χ1v) is 8.83. The zero-order chi connectivity index (χ0) is 18.2. The van der Waals surface area contributed by atoms with Gasteiger partial charge in [-0.1, -0.05) is 30.3 Å². The molecule has 1 aromatic carbocycles. The normalized spacial score (nSPS) is 11.7. The number of imidazole rings is 1. The quantitative estimate of drug-likeness (QED) is 0.477. The number of fused-ring (bicyclic) bond motifs is 5. The third-order valence-electron chi connectivity index (χ3n) is 4.79. The van der Waals surface area contributed by atoms with Gasteiger partial charge in [-0.15, -0.1) is 0 Å². The van der Waals surface area contributed by atoms with E-state index in [1.54, 1.807) is 18.6 Å². The molecule has 27 heavy (non-hydrogen) atoms. The van der Waals surface area contributed by atoms with E-state index in [2.05, 4.69) is 27.4 Å². The van der Waals surface area contributed by atoms with Crippen LogP contribution in [0.5, 0.6) is 0 Å². The van der Waals surface area contributed by atoms with Gasteiger partial charge in [0.15, 0.2) is 0 Å². The average molecular weight is 355 g/mol. The molecule has 6 nitrogen and oxygen atoms in total. The van der Waals surface area contributed by atoms with Crippen LogP contribution >= 0.6 is 0 Å². The molecule has 0 saturated heterocycles. The van der Waals surface area contributed by atoms with Crippen molar-refractivity contribution in [2.75, 3.05) is 5.32 Å². The van der Waals surface area contributed by atoms with Gasteiger partial charge in [-0.25, -0.2) is 9.97 Å². The fraction of sp³-hybridized carbons (Fsp3) is 0.0952. The Morgan fingerprint density at radius 1 is 0.926 bits per heavy atom. The van der Waals surface area contributed by atoms with Crippen LogP contribution in [0.3, 0.4) is 0 Å². The molecule has 0 radical (unpaired) electrons. The van der Waals surface area contributed by atoms with Crippen LogP contribution in [0, 0.1) is 0 Å². The number of aromatic nitrogens is 4. The number of nitrogens with zero attached hydrogens (tertiary/aromatic N) is 4. The van der Waals surface area contributed by atoms with Gasteiger partial charge in [0.2, 0.25) is 0 Å². The van der Waals surface area contributed by atoms with Gasteiger partial charge in [0.25, 0.3) is 0 Å². The summed E-state index contributed by atoms with van der Waals surface area (Å²) in [6.07, 6.45) is 6.65. The lowest BCUT2D eigenvalue weighted by Crippen LogP contribution is -2.04. The lowest BCUT2D eigenvalue weighted by Gasteiger charge is -2.09. The Bertz CT molecular complexity index is 1120. The standard InChI is InChI=1S/C21H17N5O/c27-26-18(9-8-14-5-2-1-3-6-14)25-19-15-10-12-22-13-17(15)24-21-16(20(19)26)7-4-11-23-21/h1-7,10-13,27H,8-9H2,(H,23,24). The number of rotatable bonds is 3. The summed E-state index contributed by atoms with van der Waals surface area (Å²) >= 11 is 0. The molecular weight excluding hydrogens is 338 g/mol. The summed E-state index contributed by atoms with van der Waals surface area (Å²) in [6, 6.07) is 15.9. The maximum Gasteiger partial charge on any atom is 0.146 e. The van der Waals surface area contributed by atoms with E-state index in [0.717, 1.165) is 28.9 Å². The highest BCUT2D eigenvalue weighted by molar-refractivity contribution is 5.94. The molecule has 0 atom stereocenters. The number of hydrogen-bond donors (Lipinski definition) is 2. The minimum atomic E-state index is 0.628. The van der Waals surface area contributed by atoms with Crippen molar-refractivity contribution in [3.63, 3.8) is 0 Å². The third kappa shape index (κ3) is 2.62. The second-order valence-corrected chi connectivity index (χ2v) is 6.47. The fourth-order valence-electron chi connectivity index (χ4n) is 3.47. The van der Waals surface area contributed by atoms with Crippen molar-refractivity contribution in [3.8, 4) is 22.5 Å². The number of hydrogen-bond acceptors (Lipinski definition) is 5. The van der Waals surface area contributed by atoms with Gasteiger partial charge in [-0.3, -0.25) is 4.98 Å². The van der Waals surface area contributed by atoms with E-state index in [1.165, 1.54) is 10.3 Å². The monoisotopic (exact) mass is 355 g/mol. The highest BCUT2D eigenvalue weighted by atomic mass is 16.5. The summed E-state index contributed by atoms with van der Waals surface area (Å²) in [7, 11) is 0. The summed E-state index contributed by atoms with van der Waals surface area (Å²) in [5.41, 5.74) is 5.13. The number of anilines is 2. The van der Waals surface area contributed by atoms with Crippen LogP contribution in [0.4, 0.5) is 11.5 Å². The van der Waals surface area contributed by atoms with Crippen LogP contribution in [0.25, 0.3) is 22.5 Å². The van der Waals surface area contributed by atoms with Crippen molar-refractivity contribution in [3.05, 3.63) is 78.5 Å². The lowest BCUT2D eigenvalue weighted by molar-refractivity contribution is 0.180. The molecule has 2 N–H and O–H groups in total. The number of benzene rings is 1. The maximum atomic E-state index is 10.9. The molecule has 0 spiro atoms. The van der Waals surface area contributed by atoms with E-state index in [9.17, 15) is 5.21 Å². The van der Waals surface area contributed by atoms with Gasteiger partial charge in [-0.2, -0.15) is 4.73 Å². The largest absolute Gasteiger partial charge is 0.427 e. The number of aryl methyl sites for hydroxylation is 2. The second kappa shape index (κ2) is 6.25. The van der Waals surface area contributed by atoms with Crippen LogP contribution in [0.1, 0.15) is 11.4 Å². The van der Waals surface area contributed by atoms with E-state index in [-0.39, 0.29) is 0 Å². The van der Waals surface area contributed by atoms with Crippen LogP contribution in [-0.4, -0.2) is 24.9 Å². The van der Waals surface area contributed by atoms with Crippen LogP contribution in [0.15, 0.2) is 67.1 Å². The van der Waals surface area contributed by atoms with Crippen molar-refractivity contribution >= 4 is 11.5 Å². The predicted molar refractivity (Wildman–Crippen MR) is 103 cm³/mol. The van der Waals surface area contributed by atoms with Crippen molar-refractivity contribution < 1.29 is 5.21 Å². The highest BCUT2D eigenvalue weighted by Gasteiger charge is 2.27. The Kier molecular flexibility index (Phi) is 3.60. The molecule has 0 fully saturated rings. The third-order valence-corrected chi connectivity index (χ3v) is 4.79. The van der Waals surface area contributed by atoms with Gasteiger partial charge in [0.05, 0.1) is 11.9 Å². The van der Waals surface area contributed by atoms with Gasteiger partial charge >= 0.3 is 0 Å². The van der Waals surface area contributed by atoms with E-state index in [0.29, 0.717) is 23.8 Å². The molecule has 1 aliphatic rings. The van der Waals surface area contributed by atoms with Crippen molar-refractivity contribution in [2.45, 2.75) is 12.8 Å². The first-order valence-electron chi connectivity index (χ1n) is 8.83. The van der Waals surface area contributed by atoms with E-state index in [4.69, 9.17) is 4.98 Å². The molecule has 0 saturated carbocycles. The highest BCUT2D eigenvalue weighted by Crippen LogP contribution is 2.42. The van der Waals surface area contributed by atoms with Crippen molar-refractivity contribution in [1.82, 2.24) is 19.7 Å². The molecule has 5 rings (SSSR count). The topological polar surface area (TPSA) is 75.9 Å². The van der Waals surface area contributed by atoms with Crippen LogP contribution in [-0.2, 0) is 12.8 Å².